The molecule has 0 amide bonds. The van der Waals surface area contributed by atoms with Gasteiger partial charge in [-0.05, 0) is 61.7 Å². The molecule has 21 heavy (non-hydrogen) atoms. The maximum absolute atomic E-state index is 5.70. The molecule has 2 fully saturated rings. The van der Waals surface area contributed by atoms with Crippen LogP contribution in [0.15, 0.2) is 11.4 Å². The Hall–Kier alpha value is -0.420. The molecule has 0 bridgehead atoms. The molecule has 2 saturated heterocycles. The largest absolute Gasteiger partial charge is 0.384 e. The lowest BCUT2D eigenvalue weighted by atomic mass is 9.66. The Morgan fingerprint density at radius 3 is 2.86 bits per heavy atom. The topological polar surface area (TPSA) is 21.7 Å². The van der Waals surface area contributed by atoms with Crippen molar-refractivity contribution in [2.24, 2.45) is 11.3 Å². The van der Waals surface area contributed by atoms with Crippen molar-refractivity contribution < 1.29 is 9.47 Å². The number of hydrogen-bond donors (Lipinski definition) is 0. The number of rotatable bonds is 4. The Balaban J connectivity index is 1.59. The SMILES string of the molecule is COCC1COCCC12CCN(Cc1sccc1C)CC2. The monoisotopic (exact) mass is 309 g/mol. The molecule has 2 aliphatic heterocycles. The fraction of sp³-hybridized carbons (Fsp3) is 0.765. The normalized spacial score (nSPS) is 26.3. The van der Waals surface area contributed by atoms with Crippen LogP contribution in [0.4, 0.5) is 0 Å². The molecule has 3 rings (SSSR count). The van der Waals surface area contributed by atoms with Gasteiger partial charge in [0.15, 0.2) is 0 Å². The van der Waals surface area contributed by atoms with Crippen LogP contribution in [0.5, 0.6) is 0 Å². The van der Waals surface area contributed by atoms with Gasteiger partial charge < -0.3 is 9.47 Å². The van der Waals surface area contributed by atoms with E-state index >= 15 is 0 Å². The van der Waals surface area contributed by atoms with E-state index in [1.54, 1.807) is 0 Å². The van der Waals surface area contributed by atoms with E-state index in [0.717, 1.165) is 26.4 Å². The number of piperidine rings is 1. The van der Waals surface area contributed by atoms with Gasteiger partial charge in [0.1, 0.15) is 0 Å². The summed E-state index contributed by atoms with van der Waals surface area (Å²) in [6.45, 7) is 8.47. The summed E-state index contributed by atoms with van der Waals surface area (Å²) in [5, 5.41) is 2.21. The number of thiophene rings is 1. The summed E-state index contributed by atoms with van der Waals surface area (Å²) < 4.78 is 11.1. The first kappa shape index (κ1) is 15.5. The molecule has 4 heteroatoms. The molecular weight excluding hydrogens is 282 g/mol. The molecule has 1 atom stereocenters. The first-order valence-electron chi connectivity index (χ1n) is 8.05. The summed E-state index contributed by atoms with van der Waals surface area (Å²) in [6.07, 6.45) is 3.82. The molecule has 118 valence electrons. The van der Waals surface area contributed by atoms with Crippen molar-refractivity contribution >= 4 is 11.3 Å². The van der Waals surface area contributed by atoms with E-state index in [4.69, 9.17) is 9.47 Å². The van der Waals surface area contributed by atoms with E-state index < -0.39 is 0 Å². The van der Waals surface area contributed by atoms with Gasteiger partial charge in [0.05, 0.1) is 13.2 Å². The Morgan fingerprint density at radius 2 is 2.19 bits per heavy atom. The molecule has 0 saturated carbocycles. The van der Waals surface area contributed by atoms with Crippen LogP contribution >= 0.6 is 11.3 Å². The molecule has 0 aromatic carbocycles. The van der Waals surface area contributed by atoms with Gasteiger partial charge in [-0.2, -0.15) is 0 Å². The van der Waals surface area contributed by atoms with Crippen LogP contribution in [0.25, 0.3) is 0 Å². The average Bonchev–Trinajstić information content (AvgIpc) is 2.90. The summed E-state index contributed by atoms with van der Waals surface area (Å²) in [7, 11) is 1.82. The Labute approximate surface area is 132 Å². The molecule has 1 unspecified atom stereocenters. The molecule has 1 spiro atoms. The molecular formula is C17H27NO2S. The molecule has 0 aliphatic carbocycles. The summed E-state index contributed by atoms with van der Waals surface area (Å²) in [5.74, 6) is 0.585. The van der Waals surface area contributed by atoms with Gasteiger partial charge in [-0.1, -0.05) is 0 Å². The molecule has 0 radical (unpaired) electrons. The van der Waals surface area contributed by atoms with Crippen LogP contribution in [-0.2, 0) is 16.0 Å². The van der Waals surface area contributed by atoms with Gasteiger partial charge >= 0.3 is 0 Å². The quantitative estimate of drug-likeness (QED) is 0.851. The van der Waals surface area contributed by atoms with Crippen molar-refractivity contribution in [1.82, 2.24) is 4.90 Å². The van der Waals surface area contributed by atoms with Gasteiger partial charge in [-0.15, -0.1) is 11.3 Å². The molecule has 2 aliphatic rings. The van der Waals surface area contributed by atoms with Gasteiger partial charge in [0, 0.05) is 31.1 Å². The highest BCUT2D eigenvalue weighted by Gasteiger charge is 2.43. The maximum atomic E-state index is 5.70. The highest BCUT2D eigenvalue weighted by Crippen LogP contribution is 2.45. The number of ether oxygens (including phenoxy) is 2. The number of nitrogens with zero attached hydrogens (tertiary/aromatic N) is 1. The van der Waals surface area contributed by atoms with Crippen LogP contribution in [0, 0.1) is 18.3 Å². The summed E-state index contributed by atoms with van der Waals surface area (Å²) in [6, 6.07) is 2.23. The lowest BCUT2D eigenvalue weighted by Crippen LogP contribution is -2.49. The number of hydrogen-bond acceptors (Lipinski definition) is 4. The van der Waals surface area contributed by atoms with Crippen LogP contribution in [0.1, 0.15) is 29.7 Å². The minimum Gasteiger partial charge on any atom is -0.384 e. The third kappa shape index (κ3) is 3.34. The third-order valence-electron chi connectivity index (χ3n) is 5.48. The number of likely N-dealkylation sites (tertiary alicyclic amines) is 1. The van der Waals surface area contributed by atoms with Gasteiger partial charge in [0.25, 0.3) is 0 Å². The zero-order valence-corrected chi connectivity index (χ0v) is 14.1. The highest BCUT2D eigenvalue weighted by molar-refractivity contribution is 7.10. The lowest BCUT2D eigenvalue weighted by molar-refractivity contribution is -0.0950. The van der Waals surface area contributed by atoms with Crippen molar-refractivity contribution in [3.8, 4) is 0 Å². The van der Waals surface area contributed by atoms with Crippen molar-refractivity contribution in [2.75, 3.05) is 40.0 Å². The van der Waals surface area contributed by atoms with Gasteiger partial charge in [-0.25, -0.2) is 0 Å². The first-order valence-corrected chi connectivity index (χ1v) is 8.93. The maximum Gasteiger partial charge on any atom is 0.0521 e. The van der Waals surface area contributed by atoms with Crippen molar-refractivity contribution in [3.63, 3.8) is 0 Å². The number of methoxy groups -OCH3 is 1. The minimum absolute atomic E-state index is 0.468. The van der Waals surface area contributed by atoms with Gasteiger partial charge in [-0.3, -0.25) is 4.90 Å². The molecule has 1 aromatic heterocycles. The average molecular weight is 309 g/mol. The molecule has 1 aromatic rings. The fourth-order valence-corrected chi connectivity index (χ4v) is 4.84. The van der Waals surface area contributed by atoms with E-state index in [2.05, 4.69) is 23.3 Å². The van der Waals surface area contributed by atoms with E-state index in [-0.39, 0.29) is 0 Å². The fourth-order valence-electron chi connectivity index (χ4n) is 3.89. The predicted molar refractivity (Wildman–Crippen MR) is 86.8 cm³/mol. The van der Waals surface area contributed by atoms with Crippen molar-refractivity contribution in [1.29, 1.82) is 0 Å². The molecule has 0 N–H and O–H groups in total. The summed E-state index contributed by atoms with van der Waals surface area (Å²) >= 11 is 1.90. The van der Waals surface area contributed by atoms with E-state index in [1.807, 2.05) is 18.4 Å². The third-order valence-corrected chi connectivity index (χ3v) is 6.49. The van der Waals surface area contributed by atoms with Gasteiger partial charge in [0.2, 0.25) is 0 Å². The smallest absolute Gasteiger partial charge is 0.0521 e. The van der Waals surface area contributed by atoms with Crippen molar-refractivity contribution in [2.45, 2.75) is 32.7 Å². The molecule has 3 heterocycles. The van der Waals surface area contributed by atoms with E-state index in [1.165, 1.54) is 42.8 Å². The minimum atomic E-state index is 0.468. The Kier molecular flexibility index (Phi) is 4.99. The summed E-state index contributed by atoms with van der Waals surface area (Å²) in [5.41, 5.74) is 1.92. The Morgan fingerprint density at radius 1 is 1.38 bits per heavy atom. The van der Waals surface area contributed by atoms with Crippen LogP contribution in [0.3, 0.4) is 0 Å². The van der Waals surface area contributed by atoms with E-state index in [0.29, 0.717) is 11.3 Å². The molecule has 3 nitrogen and oxygen atoms in total. The van der Waals surface area contributed by atoms with Crippen LogP contribution in [0.2, 0.25) is 0 Å². The van der Waals surface area contributed by atoms with E-state index in [9.17, 15) is 0 Å². The van der Waals surface area contributed by atoms with Crippen LogP contribution < -0.4 is 0 Å². The standard InChI is InChI=1S/C17H27NO2S/c1-14-3-10-21-16(14)11-18-7-4-17(5-8-18)6-9-20-13-15(17)12-19-2/h3,10,15H,4-9,11-13H2,1-2H3. The number of aryl methyl sites for hydroxylation is 1. The predicted octanol–water partition coefficient (Wildman–Crippen LogP) is 3.32. The zero-order chi connectivity index (χ0) is 14.7. The Bertz CT molecular complexity index is 449. The first-order chi connectivity index (χ1) is 10.2. The lowest BCUT2D eigenvalue weighted by Gasteiger charge is -2.49. The highest BCUT2D eigenvalue weighted by atomic mass is 32.1. The second kappa shape index (κ2) is 6.78. The van der Waals surface area contributed by atoms with Crippen molar-refractivity contribution in [3.05, 3.63) is 21.9 Å². The summed E-state index contributed by atoms with van der Waals surface area (Å²) in [4.78, 5) is 4.16. The second-order valence-corrected chi connectivity index (χ2v) is 7.64. The second-order valence-electron chi connectivity index (χ2n) is 6.64. The zero-order valence-electron chi connectivity index (χ0n) is 13.3. The van der Waals surface area contributed by atoms with Crippen LogP contribution in [-0.4, -0.2) is 44.9 Å².